The molecular formula is C8H11NO2S. The lowest BCUT2D eigenvalue weighted by molar-refractivity contribution is 0.172. The minimum absolute atomic E-state index is 0. The Labute approximate surface area is 75.3 Å². The lowest BCUT2D eigenvalue weighted by Gasteiger charge is -1.97. The maximum Gasteiger partial charge on any atom is 0.119 e. The molecular weight excluding hydrogens is 174 g/mol. The highest BCUT2D eigenvalue weighted by Gasteiger charge is 1.72. The van der Waals surface area contributed by atoms with Gasteiger partial charge in [0.15, 0.2) is 0 Å². The van der Waals surface area contributed by atoms with Gasteiger partial charge in [-0.15, -0.1) is 0 Å². The Morgan fingerprint density at radius 3 is 2.00 bits per heavy atom. The Morgan fingerprint density at radius 1 is 1.08 bits per heavy atom. The summed E-state index contributed by atoms with van der Waals surface area (Å²) in [5.74, 6) is 0. The number of thiophene rings is 1. The second kappa shape index (κ2) is 7.84. The molecule has 0 aliphatic carbocycles. The largest absolute Gasteiger partial charge is 0.412 e. The summed E-state index contributed by atoms with van der Waals surface area (Å²) in [6.45, 7) is 0. The van der Waals surface area contributed by atoms with E-state index < -0.39 is 0 Å². The van der Waals surface area contributed by atoms with E-state index in [9.17, 15) is 0 Å². The van der Waals surface area contributed by atoms with Gasteiger partial charge in [0, 0.05) is 6.20 Å². The highest BCUT2D eigenvalue weighted by molar-refractivity contribution is 7.07. The Hall–Kier alpha value is -1.26. The van der Waals surface area contributed by atoms with Crippen molar-refractivity contribution in [2.45, 2.75) is 0 Å². The van der Waals surface area contributed by atoms with E-state index in [2.05, 4.69) is 10.3 Å². The molecule has 0 unspecified atom stereocenters. The Bertz CT molecular complexity index is 190. The molecule has 0 atom stereocenters. The van der Waals surface area contributed by atoms with Crippen molar-refractivity contribution in [2.24, 2.45) is 0 Å². The smallest absolute Gasteiger partial charge is 0.119 e. The van der Waals surface area contributed by atoms with Gasteiger partial charge in [0.25, 0.3) is 0 Å². The normalized spacial score (nSPS) is 11.3. The topological polar surface area (TPSA) is 52.8 Å². The first-order valence-electron chi connectivity index (χ1n) is 3.20. The monoisotopic (exact) mass is 185 g/mol. The van der Waals surface area contributed by atoms with E-state index in [4.69, 9.17) is 0 Å². The summed E-state index contributed by atoms with van der Waals surface area (Å²) >= 11 is 1.71. The highest BCUT2D eigenvalue weighted by atomic mass is 32.1. The molecule has 1 aliphatic rings. The maximum atomic E-state index is 4.55. The van der Waals surface area contributed by atoms with E-state index >= 15 is 0 Å². The average Bonchev–Trinajstić information content (AvgIpc) is 2.64. The zero-order valence-electron chi connectivity index (χ0n) is 6.44. The molecule has 3 N–H and O–H groups in total. The fourth-order valence-corrected chi connectivity index (χ4v) is 0.938. The van der Waals surface area contributed by atoms with Crippen molar-refractivity contribution in [3.63, 3.8) is 0 Å². The third-order valence-electron chi connectivity index (χ3n) is 0.915. The average molecular weight is 185 g/mol. The summed E-state index contributed by atoms with van der Waals surface area (Å²) in [7, 11) is 0. The maximum absolute atomic E-state index is 4.55. The van der Waals surface area contributed by atoms with Crippen LogP contribution in [0.4, 0.5) is 0 Å². The lowest BCUT2D eigenvalue weighted by atomic mass is 10.6. The van der Waals surface area contributed by atoms with E-state index in [1.807, 2.05) is 29.0 Å². The SMILES string of the molecule is C1=CNOC=C1.O.c1ccsc1. The van der Waals surface area contributed by atoms with Gasteiger partial charge < -0.3 is 10.3 Å². The Morgan fingerprint density at radius 2 is 1.83 bits per heavy atom. The molecule has 0 fully saturated rings. The quantitative estimate of drug-likeness (QED) is 0.665. The number of allylic oxidation sites excluding steroid dienone is 2. The van der Waals surface area contributed by atoms with Crippen LogP contribution >= 0.6 is 11.3 Å². The molecule has 0 aromatic carbocycles. The van der Waals surface area contributed by atoms with Crippen LogP contribution in [0.1, 0.15) is 0 Å². The predicted octanol–water partition coefficient (Wildman–Crippen LogP) is 1.47. The fraction of sp³-hybridized carbons (Fsp3) is 0. The molecule has 0 amide bonds. The van der Waals surface area contributed by atoms with Crippen molar-refractivity contribution in [3.8, 4) is 0 Å². The van der Waals surface area contributed by atoms with Crippen molar-refractivity contribution in [1.82, 2.24) is 5.48 Å². The van der Waals surface area contributed by atoms with Crippen molar-refractivity contribution in [1.29, 1.82) is 0 Å². The van der Waals surface area contributed by atoms with Crippen LogP contribution in [-0.4, -0.2) is 5.48 Å². The highest BCUT2D eigenvalue weighted by Crippen LogP contribution is 1.91. The van der Waals surface area contributed by atoms with E-state index in [0.717, 1.165) is 0 Å². The zero-order chi connectivity index (χ0) is 7.78. The standard InChI is InChI=1S/C4H5NO.C4H4S.H2O/c1-2-4-6-5-3-1;1-2-4-5-3-1;/h1-5H;1-4H;1H2. The first kappa shape index (κ1) is 10.7. The molecule has 66 valence electrons. The van der Waals surface area contributed by atoms with Crippen molar-refractivity contribution < 1.29 is 10.3 Å². The Kier molecular flexibility index (Phi) is 7.02. The number of hydroxylamine groups is 1. The molecule has 4 heteroatoms. The van der Waals surface area contributed by atoms with E-state index in [1.165, 1.54) is 0 Å². The molecule has 0 saturated carbocycles. The minimum atomic E-state index is 0. The molecule has 3 nitrogen and oxygen atoms in total. The third-order valence-corrected chi connectivity index (χ3v) is 1.54. The van der Waals surface area contributed by atoms with Crippen LogP contribution in [-0.2, 0) is 4.84 Å². The van der Waals surface area contributed by atoms with Crippen molar-refractivity contribution in [2.75, 3.05) is 0 Å². The van der Waals surface area contributed by atoms with Gasteiger partial charge in [0.1, 0.15) is 6.26 Å². The zero-order valence-corrected chi connectivity index (χ0v) is 7.25. The van der Waals surface area contributed by atoms with Gasteiger partial charge in [-0.1, -0.05) is 12.1 Å². The summed E-state index contributed by atoms with van der Waals surface area (Å²) in [6.07, 6.45) is 6.93. The van der Waals surface area contributed by atoms with Crippen molar-refractivity contribution >= 4 is 11.3 Å². The second-order valence-corrected chi connectivity index (χ2v) is 2.53. The van der Waals surface area contributed by atoms with Gasteiger partial charge in [0.05, 0.1) is 0 Å². The minimum Gasteiger partial charge on any atom is -0.412 e. The van der Waals surface area contributed by atoms with Crippen LogP contribution in [0, 0.1) is 0 Å². The van der Waals surface area contributed by atoms with Crippen molar-refractivity contribution in [3.05, 3.63) is 47.5 Å². The van der Waals surface area contributed by atoms with Crippen LogP contribution in [0.2, 0.25) is 0 Å². The summed E-state index contributed by atoms with van der Waals surface area (Å²) < 4.78 is 0. The third kappa shape index (κ3) is 5.52. The van der Waals surface area contributed by atoms with Crippen LogP contribution in [0.3, 0.4) is 0 Å². The number of hydrogen-bond acceptors (Lipinski definition) is 3. The number of hydrogen-bond donors (Lipinski definition) is 1. The van der Waals surface area contributed by atoms with Crippen LogP contribution < -0.4 is 5.48 Å². The van der Waals surface area contributed by atoms with E-state index in [-0.39, 0.29) is 5.48 Å². The molecule has 1 aliphatic heterocycles. The van der Waals surface area contributed by atoms with Gasteiger partial charge >= 0.3 is 0 Å². The summed E-state index contributed by atoms with van der Waals surface area (Å²) in [6, 6.07) is 4.04. The summed E-state index contributed by atoms with van der Waals surface area (Å²) in [5.41, 5.74) is 2.52. The first-order valence-corrected chi connectivity index (χ1v) is 4.14. The van der Waals surface area contributed by atoms with Crippen LogP contribution in [0.5, 0.6) is 0 Å². The summed E-state index contributed by atoms with van der Waals surface area (Å²) in [5, 5.41) is 4.08. The van der Waals surface area contributed by atoms with Gasteiger partial charge in [0.2, 0.25) is 0 Å². The van der Waals surface area contributed by atoms with Gasteiger partial charge in [-0.3, -0.25) is 0 Å². The number of nitrogens with one attached hydrogen (secondary N) is 1. The lowest BCUT2D eigenvalue weighted by Crippen LogP contribution is -2.01. The second-order valence-electron chi connectivity index (χ2n) is 1.72. The van der Waals surface area contributed by atoms with Gasteiger partial charge in [-0.2, -0.15) is 11.3 Å². The molecule has 1 aromatic heterocycles. The molecule has 0 saturated heterocycles. The molecule has 2 rings (SSSR count). The van der Waals surface area contributed by atoms with E-state index in [1.54, 1.807) is 29.9 Å². The molecule has 12 heavy (non-hydrogen) atoms. The Balaban J connectivity index is 0.000000189. The van der Waals surface area contributed by atoms with E-state index in [0.29, 0.717) is 0 Å². The fourth-order valence-electron chi connectivity index (χ4n) is 0.485. The van der Waals surface area contributed by atoms with Gasteiger partial charge in [-0.25, -0.2) is 5.48 Å². The van der Waals surface area contributed by atoms with Gasteiger partial charge in [-0.05, 0) is 22.9 Å². The molecule has 2 heterocycles. The molecule has 0 bridgehead atoms. The number of rotatable bonds is 0. The first-order chi connectivity index (χ1) is 5.50. The van der Waals surface area contributed by atoms with Crippen LogP contribution in [0.25, 0.3) is 0 Å². The molecule has 0 spiro atoms. The summed E-state index contributed by atoms with van der Waals surface area (Å²) in [4.78, 5) is 4.55. The molecule has 0 radical (unpaired) electrons. The predicted molar refractivity (Wildman–Crippen MR) is 50.4 cm³/mol. The molecule has 1 aromatic rings. The van der Waals surface area contributed by atoms with Crippen LogP contribution in [0.15, 0.2) is 47.5 Å².